The van der Waals surface area contributed by atoms with Crippen LogP contribution >= 0.6 is 12.2 Å². The van der Waals surface area contributed by atoms with Crippen LogP contribution < -0.4 is 21.3 Å². The number of rotatable bonds is 2. The number of anilines is 1. The lowest BCUT2D eigenvalue weighted by molar-refractivity contribution is 0.387. The zero-order valence-corrected chi connectivity index (χ0v) is 8.32. The molecule has 0 amide bonds. The quantitative estimate of drug-likeness (QED) is 0.390. The minimum absolute atomic E-state index is 0.183. The van der Waals surface area contributed by atoms with E-state index in [2.05, 4.69) is 10.7 Å². The molecule has 0 bridgehead atoms. The van der Waals surface area contributed by atoms with E-state index in [0.717, 1.165) is 0 Å². The highest BCUT2D eigenvalue weighted by Crippen LogP contribution is 2.20. The van der Waals surface area contributed by atoms with Crippen LogP contribution in [0.2, 0.25) is 0 Å². The molecule has 0 aromatic heterocycles. The second-order valence-electron chi connectivity index (χ2n) is 2.45. The third-order valence-electron chi connectivity index (χ3n) is 1.54. The monoisotopic (exact) mass is 215 g/mol. The summed E-state index contributed by atoms with van der Waals surface area (Å²) in [6.07, 6.45) is 0. The molecule has 0 saturated carbocycles. The van der Waals surface area contributed by atoms with Crippen molar-refractivity contribution in [3.63, 3.8) is 0 Å². The maximum Gasteiger partial charge on any atom is 0.185 e. The van der Waals surface area contributed by atoms with Gasteiger partial charge in [-0.05, 0) is 24.4 Å². The Hall–Kier alpha value is -1.40. The second kappa shape index (κ2) is 4.73. The van der Waals surface area contributed by atoms with Crippen LogP contribution in [0.1, 0.15) is 0 Å². The fourth-order valence-corrected chi connectivity index (χ4v) is 1.03. The molecule has 0 aliphatic rings. The predicted octanol–water partition coefficient (Wildman–Crippen LogP) is 0.994. The SMILES string of the molecule is COc1ccc(NC(=S)NN)cc1F. The molecule has 4 N–H and O–H groups in total. The molecule has 0 aliphatic carbocycles. The molecule has 6 heteroatoms. The van der Waals surface area contributed by atoms with Crippen molar-refractivity contribution in [2.24, 2.45) is 5.84 Å². The van der Waals surface area contributed by atoms with E-state index in [1.807, 2.05) is 0 Å². The zero-order valence-electron chi connectivity index (χ0n) is 7.50. The maximum absolute atomic E-state index is 13.1. The van der Waals surface area contributed by atoms with Gasteiger partial charge < -0.3 is 15.5 Å². The van der Waals surface area contributed by atoms with E-state index in [1.165, 1.54) is 19.2 Å². The molecular weight excluding hydrogens is 205 g/mol. The lowest BCUT2D eigenvalue weighted by atomic mass is 10.3. The van der Waals surface area contributed by atoms with E-state index in [4.69, 9.17) is 22.8 Å². The van der Waals surface area contributed by atoms with Gasteiger partial charge in [0.1, 0.15) is 0 Å². The van der Waals surface area contributed by atoms with E-state index in [1.54, 1.807) is 6.07 Å². The highest BCUT2D eigenvalue weighted by molar-refractivity contribution is 7.80. The summed E-state index contributed by atoms with van der Waals surface area (Å²) in [5.74, 6) is 4.76. The molecule has 4 nitrogen and oxygen atoms in total. The van der Waals surface area contributed by atoms with E-state index in [-0.39, 0.29) is 10.9 Å². The number of halogens is 1. The van der Waals surface area contributed by atoms with Gasteiger partial charge in [-0.3, -0.25) is 0 Å². The third-order valence-corrected chi connectivity index (χ3v) is 1.76. The van der Waals surface area contributed by atoms with Crippen molar-refractivity contribution in [2.45, 2.75) is 0 Å². The average Bonchev–Trinajstić information content (AvgIpc) is 2.18. The van der Waals surface area contributed by atoms with Gasteiger partial charge in [0.15, 0.2) is 16.7 Å². The maximum atomic E-state index is 13.1. The summed E-state index contributed by atoms with van der Waals surface area (Å²) < 4.78 is 17.9. The summed E-state index contributed by atoms with van der Waals surface area (Å²) in [4.78, 5) is 0. The summed E-state index contributed by atoms with van der Waals surface area (Å²) in [6, 6.07) is 4.39. The Kier molecular flexibility index (Phi) is 3.61. The molecule has 0 radical (unpaired) electrons. The summed E-state index contributed by atoms with van der Waals surface area (Å²) in [7, 11) is 1.40. The van der Waals surface area contributed by atoms with Gasteiger partial charge in [0.05, 0.1) is 7.11 Å². The van der Waals surface area contributed by atoms with Crippen molar-refractivity contribution < 1.29 is 9.13 Å². The number of hydrogen-bond donors (Lipinski definition) is 3. The van der Waals surface area contributed by atoms with Crippen molar-refractivity contribution in [2.75, 3.05) is 12.4 Å². The number of hydrogen-bond acceptors (Lipinski definition) is 3. The molecular formula is C8H10FN3OS. The van der Waals surface area contributed by atoms with Gasteiger partial charge in [0.2, 0.25) is 0 Å². The molecule has 76 valence electrons. The number of nitrogens with two attached hydrogens (primary N) is 1. The zero-order chi connectivity index (χ0) is 10.6. The fraction of sp³-hybridized carbons (Fsp3) is 0.125. The highest BCUT2D eigenvalue weighted by atomic mass is 32.1. The predicted molar refractivity (Wildman–Crippen MR) is 56.5 cm³/mol. The molecule has 0 unspecified atom stereocenters. The molecule has 0 saturated heterocycles. The largest absolute Gasteiger partial charge is 0.494 e. The Morgan fingerprint density at radius 1 is 1.57 bits per heavy atom. The lowest BCUT2D eigenvalue weighted by Gasteiger charge is -2.08. The normalized spacial score (nSPS) is 9.36. The molecule has 0 heterocycles. The smallest absolute Gasteiger partial charge is 0.185 e. The number of methoxy groups -OCH3 is 1. The molecule has 14 heavy (non-hydrogen) atoms. The molecule has 1 aromatic rings. The molecule has 1 aromatic carbocycles. The van der Waals surface area contributed by atoms with Crippen LogP contribution in [0.3, 0.4) is 0 Å². The minimum Gasteiger partial charge on any atom is -0.494 e. The number of nitrogens with one attached hydrogen (secondary N) is 2. The minimum atomic E-state index is -0.461. The van der Waals surface area contributed by atoms with Crippen LogP contribution in [0.5, 0.6) is 5.75 Å². The van der Waals surface area contributed by atoms with Crippen LogP contribution in [-0.2, 0) is 0 Å². The van der Waals surface area contributed by atoms with Crippen molar-refractivity contribution in [3.8, 4) is 5.75 Å². The summed E-state index contributed by atoms with van der Waals surface area (Å²) in [5.41, 5.74) is 2.73. The Morgan fingerprint density at radius 3 is 2.79 bits per heavy atom. The fourth-order valence-electron chi connectivity index (χ4n) is 0.911. The van der Waals surface area contributed by atoms with Crippen LogP contribution in [0, 0.1) is 5.82 Å². The molecule has 0 aliphatic heterocycles. The number of thiocarbonyl (C=S) groups is 1. The molecule has 0 spiro atoms. The Morgan fingerprint density at radius 2 is 2.29 bits per heavy atom. The first kappa shape index (κ1) is 10.7. The highest BCUT2D eigenvalue weighted by Gasteiger charge is 2.03. The van der Waals surface area contributed by atoms with E-state index >= 15 is 0 Å². The first-order valence-electron chi connectivity index (χ1n) is 3.78. The number of benzene rings is 1. The van der Waals surface area contributed by atoms with E-state index in [9.17, 15) is 4.39 Å². The number of hydrazine groups is 1. The van der Waals surface area contributed by atoms with Crippen LogP contribution in [0.4, 0.5) is 10.1 Å². The van der Waals surface area contributed by atoms with Crippen LogP contribution in [0.15, 0.2) is 18.2 Å². The van der Waals surface area contributed by atoms with Gasteiger partial charge in [-0.15, -0.1) is 0 Å². The van der Waals surface area contributed by atoms with Crippen molar-refractivity contribution >= 4 is 23.0 Å². The van der Waals surface area contributed by atoms with Crippen molar-refractivity contribution in [3.05, 3.63) is 24.0 Å². The Bertz CT molecular complexity index is 345. The Labute approximate surface area is 86.2 Å². The third kappa shape index (κ3) is 2.54. The summed E-state index contributed by atoms with van der Waals surface area (Å²) >= 11 is 4.74. The first-order chi connectivity index (χ1) is 6.67. The molecule has 1 rings (SSSR count). The van der Waals surface area contributed by atoms with Gasteiger partial charge in [0.25, 0.3) is 0 Å². The standard InChI is InChI=1S/C8H10FN3OS/c1-13-7-3-2-5(4-6(7)9)11-8(14)12-10/h2-4H,10H2,1H3,(H2,11,12,14). The molecule has 0 atom stereocenters. The number of ether oxygens (including phenoxy) is 1. The van der Waals surface area contributed by atoms with Gasteiger partial charge in [-0.2, -0.15) is 0 Å². The van der Waals surface area contributed by atoms with E-state index in [0.29, 0.717) is 5.69 Å². The molecule has 0 fully saturated rings. The van der Waals surface area contributed by atoms with Gasteiger partial charge >= 0.3 is 0 Å². The van der Waals surface area contributed by atoms with Gasteiger partial charge in [0, 0.05) is 11.8 Å². The summed E-state index contributed by atoms with van der Waals surface area (Å²) in [5, 5.41) is 2.90. The van der Waals surface area contributed by atoms with Crippen LogP contribution in [-0.4, -0.2) is 12.2 Å². The van der Waals surface area contributed by atoms with Crippen molar-refractivity contribution in [1.29, 1.82) is 0 Å². The van der Waals surface area contributed by atoms with Gasteiger partial charge in [-0.1, -0.05) is 0 Å². The second-order valence-corrected chi connectivity index (χ2v) is 2.86. The van der Waals surface area contributed by atoms with Gasteiger partial charge in [-0.25, -0.2) is 10.2 Å². The topological polar surface area (TPSA) is 59.3 Å². The van der Waals surface area contributed by atoms with Crippen LogP contribution in [0.25, 0.3) is 0 Å². The van der Waals surface area contributed by atoms with E-state index < -0.39 is 5.82 Å². The first-order valence-corrected chi connectivity index (χ1v) is 4.19. The Balaban J connectivity index is 2.81. The summed E-state index contributed by atoms with van der Waals surface area (Å²) in [6.45, 7) is 0. The lowest BCUT2D eigenvalue weighted by Crippen LogP contribution is -2.34. The van der Waals surface area contributed by atoms with Crippen molar-refractivity contribution in [1.82, 2.24) is 5.43 Å². The average molecular weight is 215 g/mol.